The van der Waals surface area contributed by atoms with Gasteiger partial charge in [0.25, 0.3) is 0 Å². The molecule has 0 spiro atoms. The van der Waals surface area contributed by atoms with Crippen LogP contribution in [0.25, 0.3) is 0 Å². The molecule has 1 heterocycles. The van der Waals surface area contributed by atoms with Gasteiger partial charge >= 0.3 is 0 Å². The molecule has 0 aliphatic rings. The first-order chi connectivity index (χ1) is 14.1. The van der Waals surface area contributed by atoms with E-state index >= 15 is 0 Å². The molecule has 0 aliphatic heterocycles. The zero-order chi connectivity index (χ0) is 20.9. The van der Waals surface area contributed by atoms with Crippen molar-refractivity contribution in [2.45, 2.75) is 39.3 Å². The quantitative estimate of drug-likeness (QED) is 0.322. The topological polar surface area (TPSA) is 85.6 Å². The Balaban J connectivity index is 1.77. The Hall–Kier alpha value is -2.45. The Bertz CT molecular complexity index is 732. The van der Waals surface area contributed by atoms with Gasteiger partial charge < -0.3 is 24.7 Å². The molecule has 2 rings (SSSR count). The third-order valence-corrected chi connectivity index (χ3v) is 4.63. The van der Waals surface area contributed by atoms with Gasteiger partial charge in [-0.25, -0.2) is 4.99 Å². The summed E-state index contributed by atoms with van der Waals surface area (Å²) in [7, 11) is 3.66. The Labute approximate surface area is 173 Å². The summed E-state index contributed by atoms with van der Waals surface area (Å²) in [5, 5.41) is 14.9. The first-order valence-electron chi connectivity index (χ1n) is 10.1. The number of aliphatic imine (C=N–C) groups is 1. The van der Waals surface area contributed by atoms with E-state index in [0.717, 1.165) is 43.5 Å². The highest BCUT2D eigenvalue weighted by atomic mass is 16.5. The number of nitrogens with zero attached hydrogens (tertiary/aromatic N) is 4. The van der Waals surface area contributed by atoms with Gasteiger partial charge in [0, 0.05) is 40.5 Å². The Morgan fingerprint density at radius 3 is 2.41 bits per heavy atom. The first-order valence-corrected chi connectivity index (χ1v) is 10.1. The van der Waals surface area contributed by atoms with Crippen LogP contribution in [0.15, 0.2) is 35.3 Å². The molecule has 0 aliphatic carbocycles. The molecule has 29 heavy (non-hydrogen) atoms. The molecule has 8 heteroatoms. The minimum atomic E-state index is 0.0932. The summed E-state index contributed by atoms with van der Waals surface area (Å²) in [4.78, 5) is 4.64. The summed E-state index contributed by atoms with van der Waals surface area (Å²) < 4.78 is 13.0. The molecule has 0 bridgehead atoms. The fourth-order valence-electron chi connectivity index (χ4n) is 2.70. The second-order valence-electron chi connectivity index (χ2n) is 6.86. The van der Waals surface area contributed by atoms with Gasteiger partial charge in [0.15, 0.2) is 11.8 Å². The lowest BCUT2D eigenvalue weighted by molar-refractivity contribution is 0.0646. The van der Waals surface area contributed by atoms with Crippen molar-refractivity contribution in [1.82, 2.24) is 25.4 Å². The van der Waals surface area contributed by atoms with Crippen LogP contribution in [-0.2, 0) is 23.1 Å². The number of rotatable bonds is 12. The maximum Gasteiger partial charge on any atom is 0.191 e. The van der Waals surface area contributed by atoms with Crippen molar-refractivity contribution in [1.29, 1.82) is 0 Å². The van der Waals surface area contributed by atoms with Crippen molar-refractivity contribution in [3.05, 3.63) is 47.5 Å². The summed E-state index contributed by atoms with van der Waals surface area (Å²) in [6, 6.07) is 10.3. The number of methoxy groups -OCH3 is 1. The molecule has 0 radical (unpaired) electrons. The summed E-state index contributed by atoms with van der Waals surface area (Å²) in [5.74, 6) is 2.47. The average molecular weight is 403 g/mol. The van der Waals surface area contributed by atoms with Gasteiger partial charge in [-0.15, -0.1) is 10.2 Å². The van der Waals surface area contributed by atoms with E-state index in [4.69, 9.17) is 9.47 Å². The average Bonchev–Trinajstić information content (AvgIpc) is 3.06. The second kappa shape index (κ2) is 12.9. The van der Waals surface area contributed by atoms with Crippen molar-refractivity contribution < 1.29 is 9.47 Å². The fourth-order valence-corrected chi connectivity index (χ4v) is 2.70. The zero-order valence-electron chi connectivity index (χ0n) is 18.0. The van der Waals surface area contributed by atoms with Gasteiger partial charge in [0.1, 0.15) is 12.4 Å². The number of hydrogen-bond acceptors (Lipinski definition) is 5. The third-order valence-electron chi connectivity index (χ3n) is 4.63. The van der Waals surface area contributed by atoms with Crippen molar-refractivity contribution in [2.75, 3.05) is 33.4 Å². The first kappa shape index (κ1) is 22.8. The highest BCUT2D eigenvalue weighted by Crippen LogP contribution is 2.15. The van der Waals surface area contributed by atoms with Crippen LogP contribution >= 0.6 is 0 Å². The normalized spacial score (nSPS) is 12.8. The minimum absolute atomic E-state index is 0.0932. The van der Waals surface area contributed by atoms with Crippen molar-refractivity contribution >= 4 is 5.96 Å². The summed E-state index contributed by atoms with van der Waals surface area (Å²) in [6.07, 6.45) is 1.90. The number of nitrogens with one attached hydrogen (secondary N) is 2. The van der Waals surface area contributed by atoms with Gasteiger partial charge in [-0.3, -0.25) is 0 Å². The zero-order valence-corrected chi connectivity index (χ0v) is 18.0. The molecule has 160 valence electrons. The van der Waals surface area contributed by atoms with Crippen LogP contribution in [-0.4, -0.2) is 54.1 Å². The number of benzene rings is 1. The van der Waals surface area contributed by atoms with Crippen molar-refractivity contribution in [2.24, 2.45) is 12.0 Å². The van der Waals surface area contributed by atoms with Crippen LogP contribution in [0.4, 0.5) is 0 Å². The standard InChI is InChI=1S/C21H34N6O2/c1-17(19-10-6-5-7-11-19)29-15-9-13-23-21(22-12-8-14-28-4)24-16-20-26-25-18(2)27(20)3/h5-7,10-11,17H,8-9,12-16H2,1-4H3,(H2,22,23,24). The largest absolute Gasteiger partial charge is 0.385 e. The van der Waals surface area contributed by atoms with E-state index in [0.29, 0.717) is 19.8 Å². The van der Waals surface area contributed by atoms with Crippen molar-refractivity contribution in [3.8, 4) is 0 Å². The number of aryl methyl sites for hydroxylation is 1. The summed E-state index contributed by atoms with van der Waals surface area (Å²) in [6.45, 7) is 7.44. The van der Waals surface area contributed by atoms with Gasteiger partial charge in [-0.2, -0.15) is 0 Å². The second-order valence-corrected chi connectivity index (χ2v) is 6.86. The molecule has 8 nitrogen and oxygen atoms in total. The predicted molar refractivity (Wildman–Crippen MR) is 115 cm³/mol. The van der Waals surface area contributed by atoms with E-state index in [9.17, 15) is 0 Å². The molecule has 0 saturated heterocycles. The van der Waals surface area contributed by atoms with Crippen molar-refractivity contribution in [3.63, 3.8) is 0 Å². The molecule has 1 aromatic carbocycles. The van der Waals surface area contributed by atoms with Crippen LogP contribution in [0.1, 0.15) is 43.1 Å². The van der Waals surface area contributed by atoms with Crippen LogP contribution in [0, 0.1) is 6.92 Å². The smallest absolute Gasteiger partial charge is 0.191 e. The van der Waals surface area contributed by atoms with Crippen LogP contribution < -0.4 is 10.6 Å². The highest BCUT2D eigenvalue weighted by molar-refractivity contribution is 5.79. The molecule has 0 saturated carbocycles. The Morgan fingerprint density at radius 2 is 1.79 bits per heavy atom. The van der Waals surface area contributed by atoms with E-state index in [-0.39, 0.29) is 6.10 Å². The minimum Gasteiger partial charge on any atom is -0.385 e. The number of aromatic nitrogens is 3. The van der Waals surface area contributed by atoms with Gasteiger partial charge in [-0.05, 0) is 32.3 Å². The lowest BCUT2D eigenvalue weighted by Crippen LogP contribution is -2.39. The molecule has 1 aromatic heterocycles. The van der Waals surface area contributed by atoms with Crippen LogP contribution in [0.5, 0.6) is 0 Å². The summed E-state index contributed by atoms with van der Waals surface area (Å²) >= 11 is 0. The summed E-state index contributed by atoms with van der Waals surface area (Å²) in [5.41, 5.74) is 1.20. The Kier molecular flexibility index (Phi) is 10.2. The Morgan fingerprint density at radius 1 is 1.10 bits per heavy atom. The van der Waals surface area contributed by atoms with Gasteiger partial charge in [-0.1, -0.05) is 30.3 Å². The predicted octanol–water partition coefficient (Wildman–Crippen LogP) is 2.36. The van der Waals surface area contributed by atoms with Crippen LogP contribution in [0.3, 0.4) is 0 Å². The van der Waals surface area contributed by atoms with E-state index in [1.165, 1.54) is 5.56 Å². The SMILES string of the molecule is COCCCNC(=NCc1nnc(C)n1C)NCCCOC(C)c1ccccc1. The fraction of sp³-hybridized carbons (Fsp3) is 0.571. The molecule has 0 amide bonds. The number of guanidine groups is 1. The lowest BCUT2D eigenvalue weighted by atomic mass is 10.1. The van der Waals surface area contributed by atoms with Gasteiger partial charge in [0.05, 0.1) is 6.10 Å². The number of ether oxygens (including phenoxy) is 2. The maximum absolute atomic E-state index is 5.93. The van der Waals surface area contributed by atoms with Crippen LogP contribution in [0.2, 0.25) is 0 Å². The molecule has 1 unspecified atom stereocenters. The monoisotopic (exact) mass is 402 g/mol. The third kappa shape index (κ3) is 8.21. The molecule has 0 fully saturated rings. The number of hydrogen-bond donors (Lipinski definition) is 2. The highest BCUT2D eigenvalue weighted by Gasteiger charge is 2.06. The van der Waals surface area contributed by atoms with E-state index in [1.54, 1.807) is 7.11 Å². The maximum atomic E-state index is 5.93. The molecule has 2 N–H and O–H groups in total. The molecule has 2 aromatic rings. The van der Waals surface area contributed by atoms with E-state index in [2.05, 4.69) is 44.9 Å². The molecular weight excluding hydrogens is 368 g/mol. The van der Waals surface area contributed by atoms with E-state index in [1.807, 2.05) is 36.7 Å². The molecule has 1 atom stereocenters. The lowest BCUT2D eigenvalue weighted by Gasteiger charge is -2.15. The molecular formula is C21H34N6O2. The van der Waals surface area contributed by atoms with E-state index < -0.39 is 0 Å². The van der Waals surface area contributed by atoms with Gasteiger partial charge in [0.2, 0.25) is 0 Å².